The van der Waals surface area contributed by atoms with Crippen LogP contribution in [0.4, 0.5) is 5.13 Å². The molecule has 0 saturated carbocycles. The lowest BCUT2D eigenvalue weighted by Crippen LogP contribution is -2.49. The number of aryl methyl sites for hydroxylation is 1. The average Bonchev–Trinajstić information content (AvgIpc) is 3.09. The number of rotatable bonds is 4. The van der Waals surface area contributed by atoms with Gasteiger partial charge in [0.2, 0.25) is 0 Å². The van der Waals surface area contributed by atoms with E-state index >= 15 is 0 Å². The van der Waals surface area contributed by atoms with E-state index in [2.05, 4.69) is 33.9 Å². The van der Waals surface area contributed by atoms with Crippen LogP contribution in [-0.4, -0.2) is 55.7 Å². The first kappa shape index (κ1) is 17.0. The van der Waals surface area contributed by atoms with E-state index in [-0.39, 0.29) is 12.4 Å². The van der Waals surface area contributed by atoms with Crippen LogP contribution in [0.2, 0.25) is 0 Å². The Hall–Kier alpha value is -0.360. The third-order valence-corrected chi connectivity index (χ3v) is 5.80. The Labute approximate surface area is 138 Å². The summed E-state index contributed by atoms with van der Waals surface area (Å²) in [6, 6.07) is 0. The number of anilines is 1. The molecular formula is C15H27ClN4S. The van der Waals surface area contributed by atoms with Gasteiger partial charge in [-0.2, -0.15) is 0 Å². The topological polar surface area (TPSA) is 31.4 Å². The van der Waals surface area contributed by atoms with Gasteiger partial charge < -0.3 is 10.2 Å². The molecule has 2 saturated heterocycles. The summed E-state index contributed by atoms with van der Waals surface area (Å²) in [6.07, 6.45) is 4.46. The van der Waals surface area contributed by atoms with Gasteiger partial charge >= 0.3 is 0 Å². The largest absolute Gasteiger partial charge is 0.346 e. The maximum atomic E-state index is 4.57. The SMILES string of the molecule is CCc1cnc(N2CCN(CC3(C)CCNC3)CC2)s1.Cl. The van der Waals surface area contributed by atoms with Gasteiger partial charge in [0.05, 0.1) is 0 Å². The van der Waals surface area contributed by atoms with Gasteiger partial charge in [-0.05, 0) is 24.8 Å². The molecule has 6 heteroatoms. The van der Waals surface area contributed by atoms with Gasteiger partial charge in [0, 0.05) is 50.3 Å². The lowest BCUT2D eigenvalue weighted by molar-refractivity contribution is 0.169. The van der Waals surface area contributed by atoms with Crippen LogP contribution in [0.25, 0.3) is 0 Å². The van der Waals surface area contributed by atoms with Crippen LogP contribution in [-0.2, 0) is 6.42 Å². The van der Waals surface area contributed by atoms with Crippen LogP contribution in [0, 0.1) is 5.41 Å². The molecule has 3 heterocycles. The zero-order valence-electron chi connectivity index (χ0n) is 13.1. The molecule has 1 aromatic rings. The monoisotopic (exact) mass is 330 g/mol. The van der Waals surface area contributed by atoms with E-state index in [0.717, 1.165) is 19.5 Å². The summed E-state index contributed by atoms with van der Waals surface area (Å²) in [5.41, 5.74) is 0.485. The molecule has 0 spiro atoms. The molecule has 0 aliphatic carbocycles. The van der Waals surface area contributed by atoms with E-state index in [0.29, 0.717) is 5.41 Å². The van der Waals surface area contributed by atoms with Crippen LogP contribution < -0.4 is 10.2 Å². The molecule has 1 atom stereocenters. The van der Waals surface area contributed by atoms with Gasteiger partial charge in [0.1, 0.15) is 0 Å². The van der Waals surface area contributed by atoms with Crippen molar-refractivity contribution in [1.82, 2.24) is 15.2 Å². The summed E-state index contributed by atoms with van der Waals surface area (Å²) in [4.78, 5) is 11.1. The lowest BCUT2D eigenvalue weighted by atomic mass is 9.89. The fraction of sp³-hybridized carbons (Fsp3) is 0.800. The summed E-state index contributed by atoms with van der Waals surface area (Å²) in [5, 5.41) is 4.72. The first-order valence-electron chi connectivity index (χ1n) is 7.81. The van der Waals surface area contributed by atoms with E-state index in [1.54, 1.807) is 0 Å². The highest BCUT2D eigenvalue weighted by Crippen LogP contribution is 2.28. The molecule has 2 fully saturated rings. The number of nitrogens with zero attached hydrogens (tertiary/aromatic N) is 3. The highest BCUT2D eigenvalue weighted by molar-refractivity contribution is 7.15. The Balaban J connectivity index is 0.00000161. The van der Waals surface area contributed by atoms with Crippen LogP contribution >= 0.6 is 23.7 Å². The Bertz CT molecular complexity index is 437. The van der Waals surface area contributed by atoms with E-state index < -0.39 is 0 Å². The third-order valence-electron chi connectivity index (χ3n) is 4.60. The van der Waals surface area contributed by atoms with Crippen molar-refractivity contribution in [3.63, 3.8) is 0 Å². The molecule has 120 valence electrons. The first-order valence-corrected chi connectivity index (χ1v) is 8.63. The fourth-order valence-electron chi connectivity index (χ4n) is 3.25. The van der Waals surface area contributed by atoms with Crippen molar-refractivity contribution in [2.45, 2.75) is 26.7 Å². The Morgan fingerprint density at radius 1 is 1.33 bits per heavy atom. The van der Waals surface area contributed by atoms with E-state index in [1.165, 1.54) is 49.2 Å². The van der Waals surface area contributed by atoms with Crippen molar-refractivity contribution in [2.75, 3.05) is 50.7 Å². The molecular weight excluding hydrogens is 304 g/mol. The van der Waals surface area contributed by atoms with Crippen molar-refractivity contribution in [3.8, 4) is 0 Å². The van der Waals surface area contributed by atoms with Gasteiger partial charge in [-0.15, -0.1) is 23.7 Å². The Morgan fingerprint density at radius 3 is 2.67 bits per heavy atom. The first-order chi connectivity index (χ1) is 9.68. The lowest BCUT2D eigenvalue weighted by Gasteiger charge is -2.38. The fourth-order valence-corrected chi connectivity index (χ4v) is 4.15. The molecule has 2 aliphatic heterocycles. The summed E-state index contributed by atoms with van der Waals surface area (Å²) in [7, 11) is 0. The second-order valence-electron chi connectivity index (χ2n) is 6.46. The van der Waals surface area contributed by atoms with Crippen LogP contribution in [0.1, 0.15) is 25.1 Å². The zero-order chi connectivity index (χ0) is 14.0. The molecule has 3 rings (SSSR count). The smallest absolute Gasteiger partial charge is 0.185 e. The van der Waals surface area contributed by atoms with E-state index in [1.807, 2.05) is 17.5 Å². The van der Waals surface area contributed by atoms with Gasteiger partial charge in [-0.25, -0.2) is 4.98 Å². The van der Waals surface area contributed by atoms with Crippen LogP contribution in [0.3, 0.4) is 0 Å². The summed E-state index contributed by atoms with van der Waals surface area (Å²) in [6.45, 7) is 12.8. The highest BCUT2D eigenvalue weighted by Gasteiger charge is 2.32. The number of hydrogen-bond acceptors (Lipinski definition) is 5. The third kappa shape index (κ3) is 4.09. The van der Waals surface area contributed by atoms with E-state index in [9.17, 15) is 0 Å². The number of nitrogens with one attached hydrogen (secondary N) is 1. The molecule has 1 N–H and O–H groups in total. The standard InChI is InChI=1S/C15H26N4S.ClH/c1-3-13-10-17-14(20-13)19-8-6-18(7-9-19)12-15(2)4-5-16-11-15;/h10,16H,3-9,11-12H2,1-2H3;1H. The molecule has 1 unspecified atom stereocenters. The average molecular weight is 331 g/mol. The maximum absolute atomic E-state index is 4.57. The number of hydrogen-bond donors (Lipinski definition) is 1. The number of thiazole rings is 1. The normalized spacial score (nSPS) is 26.9. The van der Waals surface area contributed by atoms with Crippen molar-refractivity contribution < 1.29 is 0 Å². The molecule has 0 amide bonds. The maximum Gasteiger partial charge on any atom is 0.185 e. The minimum atomic E-state index is 0. The van der Waals surface area contributed by atoms with Crippen molar-refractivity contribution >= 4 is 28.9 Å². The molecule has 4 nitrogen and oxygen atoms in total. The van der Waals surface area contributed by atoms with Gasteiger partial charge in [-0.1, -0.05) is 13.8 Å². The van der Waals surface area contributed by atoms with Gasteiger partial charge in [0.25, 0.3) is 0 Å². The second-order valence-corrected chi connectivity index (χ2v) is 7.56. The molecule has 2 aliphatic rings. The van der Waals surface area contributed by atoms with Crippen LogP contribution in [0.5, 0.6) is 0 Å². The number of halogens is 1. The minimum absolute atomic E-state index is 0. The summed E-state index contributed by atoms with van der Waals surface area (Å²) in [5.74, 6) is 0. The minimum Gasteiger partial charge on any atom is -0.346 e. The molecule has 0 aromatic carbocycles. The number of piperazine rings is 1. The predicted molar refractivity (Wildman–Crippen MR) is 93.0 cm³/mol. The molecule has 21 heavy (non-hydrogen) atoms. The second kappa shape index (κ2) is 7.27. The Morgan fingerprint density at radius 2 is 2.10 bits per heavy atom. The van der Waals surface area contributed by atoms with Crippen molar-refractivity contribution in [3.05, 3.63) is 11.1 Å². The molecule has 1 aromatic heterocycles. The predicted octanol–water partition coefficient (Wildman–Crippen LogP) is 2.25. The van der Waals surface area contributed by atoms with Gasteiger partial charge in [-0.3, -0.25) is 4.90 Å². The molecule has 0 bridgehead atoms. The Kier molecular flexibility index (Phi) is 5.88. The van der Waals surface area contributed by atoms with Crippen molar-refractivity contribution in [1.29, 1.82) is 0 Å². The number of aromatic nitrogens is 1. The highest BCUT2D eigenvalue weighted by atomic mass is 35.5. The summed E-state index contributed by atoms with van der Waals surface area (Å²) < 4.78 is 0. The zero-order valence-corrected chi connectivity index (χ0v) is 14.7. The quantitative estimate of drug-likeness (QED) is 0.917. The van der Waals surface area contributed by atoms with Gasteiger partial charge in [0.15, 0.2) is 5.13 Å². The summed E-state index contributed by atoms with van der Waals surface area (Å²) >= 11 is 1.86. The van der Waals surface area contributed by atoms with Crippen molar-refractivity contribution in [2.24, 2.45) is 5.41 Å². The van der Waals surface area contributed by atoms with E-state index in [4.69, 9.17) is 0 Å². The molecule has 0 radical (unpaired) electrons. The van der Waals surface area contributed by atoms with Crippen LogP contribution in [0.15, 0.2) is 6.20 Å².